The third-order valence-corrected chi connectivity index (χ3v) is 7.13. The Labute approximate surface area is 152 Å². The normalized spacial score (nSPS) is 22.1. The van der Waals surface area contributed by atoms with Crippen molar-refractivity contribution in [2.24, 2.45) is 0 Å². The predicted octanol–water partition coefficient (Wildman–Crippen LogP) is 2.96. The minimum atomic E-state index is -0.0362. The summed E-state index contributed by atoms with van der Waals surface area (Å²) in [7, 11) is 4.04. The van der Waals surface area contributed by atoms with Crippen molar-refractivity contribution in [3.63, 3.8) is 0 Å². The minimum absolute atomic E-state index is 0.0362. The molecule has 0 aliphatic carbocycles. The number of hydrogen-bond donors (Lipinski definition) is 1. The third kappa shape index (κ3) is 4.81. The molecule has 2 heterocycles. The number of nitrogens with zero attached hydrogens (tertiary/aromatic N) is 2. The van der Waals surface area contributed by atoms with Crippen LogP contribution in [0.4, 0.5) is 10.5 Å². The number of urea groups is 1. The van der Waals surface area contributed by atoms with Crippen LogP contribution in [0.25, 0.3) is 0 Å². The van der Waals surface area contributed by atoms with E-state index < -0.39 is 0 Å². The van der Waals surface area contributed by atoms with Crippen LogP contribution in [-0.2, 0) is 4.74 Å². The molecule has 24 heavy (non-hydrogen) atoms. The van der Waals surface area contributed by atoms with Crippen LogP contribution in [0, 0.1) is 0 Å². The van der Waals surface area contributed by atoms with Crippen LogP contribution in [-0.4, -0.2) is 73.8 Å². The van der Waals surface area contributed by atoms with E-state index in [0.29, 0.717) is 24.3 Å². The molecule has 1 atom stereocenters. The van der Waals surface area contributed by atoms with E-state index in [1.54, 1.807) is 0 Å². The minimum Gasteiger partial charge on any atom is -0.373 e. The van der Waals surface area contributed by atoms with Crippen LogP contribution < -0.4 is 5.32 Å². The zero-order valence-corrected chi connectivity index (χ0v) is 15.9. The van der Waals surface area contributed by atoms with E-state index in [-0.39, 0.29) is 12.1 Å². The number of carbonyl (C=O) groups excluding carboxylic acids is 1. The highest BCUT2D eigenvalue weighted by molar-refractivity contribution is 8.19. The molecule has 0 bridgehead atoms. The molecule has 2 aliphatic heterocycles. The number of benzene rings is 1. The first-order valence-corrected chi connectivity index (χ1v) is 10.4. The maximum absolute atomic E-state index is 12.6. The van der Waals surface area contributed by atoms with Gasteiger partial charge in [0.15, 0.2) is 0 Å². The standard InChI is InChI=1S/C17H25N3O2S2/c1-19(2)11-15-12-20(6-7-22-15)17(21)18-14-5-3-4-13(10-14)16-23-8-9-24-16/h3-5,10,15-16H,6-9,11-12H2,1-2H3,(H,18,21). The fraction of sp³-hybridized carbons (Fsp3) is 0.588. The summed E-state index contributed by atoms with van der Waals surface area (Å²) in [5, 5.41) is 3.05. The van der Waals surface area contributed by atoms with Crippen molar-refractivity contribution in [3.8, 4) is 0 Å². The lowest BCUT2D eigenvalue weighted by molar-refractivity contribution is -0.0228. The van der Waals surface area contributed by atoms with Crippen molar-refractivity contribution < 1.29 is 9.53 Å². The van der Waals surface area contributed by atoms with Crippen molar-refractivity contribution in [2.75, 3.05) is 57.2 Å². The smallest absolute Gasteiger partial charge is 0.322 e. The Morgan fingerprint density at radius 2 is 2.17 bits per heavy atom. The largest absolute Gasteiger partial charge is 0.373 e. The van der Waals surface area contributed by atoms with Crippen molar-refractivity contribution in [1.29, 1.82) is 0 Å². The van der Waals surface area contributed by atoms with Gasteiger partial charge in [-0.1, -0.05) is 12.1 Å². The first-order chi connectivity index (χ1) is 11.6. The van der Waals surface area contributed by atoms with Crippen LogP contribution in [0.3, 0.4) is 0 Å². The fourth-order valence-electron chi connectivity index (χ4n) is 2.94. The van der Waals surface area contributed by atoms with Gasteiger partial charge in [0, 0.05) is 36.8 Å². The van der Waals surface area contributed by atoms with Gasteiger partial charge in [-0.2, -0.15) is 0 Å². The van der Waals surface area contributed by atoms with E-state index in [1.807, 2.05) is 54.7 Å². The summed E-state index contributed by atoms with van der Waals surface area (Å²) < 4.78 is 6.23. The van der Waals surface area contributed by atoms with Gasteiger partial charge in [-0.25, -0.2) is 4.79 Å². The Morgan fingerprint density at radius 1 is 1.38 bits per heavy atom. The first kappa shape index (κ1) is 17.9. The van der Waals surface area contributed by atoms with Crippen LogP contribution in [0.15, 0.2) is 24.3 Å². The zero-order valence-electron chi connectivity index (χ0n) is 14.2. The topological polar surface area (TPSA) is 44.8 Å². The Morgan fingerprint density at radius 3 is 2.92 bits per heavy atom. The molecule has 1 aromatic carbocycles. The quantitative estimate of drug-likeness (QED) is 0.886. The van der Waals surface area contributed by atoms with E-state index in [4.69, 9.17) is 4.74 Å². The van der Waals surface area contributed by atoms with E-state index in [0.717, 1.165) is 12.2 Å². The van der Waals surface area contributed by atoms with Gasteiger partial charge in [-0.3, -0.25) is 0 Å². The molecule has 5 nitrogen and oxygen atoms in total. The first-order valence-electron chi connectivity index (χ1n) is 8.27. The molecule has 0 aromatic heterocycles. The van der Waals surface area contributed by atoms with E-state index in [1.165, 1.54) is 17.1 Å². The van der Waals surface area contributed by atoms with E-state index in [2.05, 4.69) is 22.3 Å². The molecule has 0 saturated carbocycles. The average molecular weight is 368 g/mol. The molecule has 2 aliphatic rings. The highest BCUT2D eigenvalue weighted by atomic mass is 32.2. The lowest BCUT2D eigenvalue weighted by atomic mass is 10.2. The second kappa shape index (κ2) is 8.47. The third-order valence-electron chi connectivity index (χ3n) is 4.03. The van der Waals surface area contributed by atoms with Gasteiger partial charge in [0.05, 0.1) is 17.3 Å². The predicted molar refractivity (Wildman–Crippen MR) is 103 cm³/mol. The van der Waals surface area contributed by atoms with Gasteiger partial charge in [0.2, 0.25) is 0 Å². The van der Waals surface area contributed by atoms with Crippen molar-refractivity contribution in [2.45, 2.75) is 10.7 Å². The summed E-state index contributed by atoms with van der Waals surface area (Å²) in [4.78, 5) is 16.5. The van der Waals surface area contributed by atoms with Gasteiger partial charge in [-0.15, -0.1) is 23.5 Å². The van der Waals surface area contributed by atoms with Crippen molar-refractivity contribution in [1.82, 2.24) is 9.80 Å². The van der Waals surface area contributed by atoms with Crippen LogP contribution in [0.2, 0.25) is 0 Å². The maximum atomic E-state index is 12.6. The van der Waals surface area contributed by atoms with Gasteiger partial charge < -0.3 is 19.9 Å². The molecular formula is C17H25N3O2S2. The van der Waals surface area contributed by atoms with E-state index in [9.17, 15) is 4.79 Å². The summed E-state index contributed by atoms with van der Waals surface area (Å²) in [6.07, 6.45) is 0.0807. The number of hydrogen-bond acceptors (Lipinski definition) is 5. The number of carbonyl (C=O) groups is 1. The highest BCUT2D eigenvalue weighted by Gasteiger charge is 2.25. The van der Waals surface area contributed by atoms with E-state index >= 15 is 0 Å². The van der Waals surface area contributed by atoms with Crippen LogP contribution in [0.5, 0.6) is 0 Å². The summed E-state index contributed by atoms with van der Waals surface area (Å²) in [6, 6.07) is 8.20. The summed E-state index contributed by atoms with van der Waals surface area (Å²) in [6.45, 7) is 2.71. The van der Waals surface area contributed by atoms with Crippen LogP contribution >= 0.6 is 23.5 Å². The number of amides is 2. The van der Waals surface area contributed by atoms with Crippen LogP contribution in [0.1, 0.15) is 10.1 Å². The second-order valence-corrected chi connectivity index (χ2v) is 9.05. The Balaban J connectivity index is 1.59. The monoisotopic (exact) mass is 367 g/mol. The molecule has 7 heteroatoms. The second-order valence-electron chi connectivity index (χ2n) is 6.33. The number of anilines is 1. The Kier molecular flexibility index (Phi) is 6.32. The summed E-state index contributed by atoms with van der Waals surface area (Å²) in [5.41, 5.74) is 2.16. The van der Waals surface area contributed by atoms with Gasteiger partial charge in [0.25, 0.3) is 0 Å². The Hall–Kier alpha value is -0.890. The van der Waals surface area contributed by atoms with Gasteiger partial charge in [0.1, 0.15) is 0 Å². The number of likely N-dealkylation sites (N-methyl/N-ethyl adjacent to an activating group) is 1. The molecule has 1 N–H and O–H groups in total. The lowest BCUT2D eigenvalue weighted by Crippen LogP contribution is -2.50. The number of ether oxygens (including phenoxy) is 1. The molecule has 1 unspecified atom stereocenters. The molecule has 2 amide bonds. The molecule has 2 fully saturated rings. The molecule has 0 spiro atoms. The number of nitrogens with one attached hydrogen (secondary N) is 1. The SMILES string of the molecule is CN(C)CC1CN(C(=O)Nc2cccc(C3SCCS3)c2)CCO1. The molecule has 2 saturated heterocycles. The summed E-state index contributed by atoms with van der Waals surface area (Å²) in [5.74, 6) is 2.40. The molecular weight excluding hydrogens is 342 g/mol. The highest BCUT2D eigenvalue weighted by Crippen LogP contribution is 2.45. The molecule has 3 rings (SSSR count). The van der Waals surface area contributed by atoms with Gasteiger partial charge >= 0.3 is 6.03 Å². The maximum Gasteiger partial charge on any atom is 0.322 e. The fourth-order valence-corrected chi connectivity index (χ4v) is 5.78. The zero-order chi connectivity index (χ0) is 16.9. The number of morpholine rings is 1. The Bertz CT molecular complexity index is 565. The molecule has 132 valence electrons. The molecule has 1 aromatic rings. The number of rotatable bonds is 4. The number of thioether (sulfide) groups is 2. The summed E-state index contributed by atoms with van der Waals surface area (Å²) >= 11 is 3.95. The van der Waals surface area contributed by atoms with Crippen molar-refractivity contribution >= 4 is 35.2 Å². The molecule has 0 radical (unpaired) electrons. The lowest BCUT2D eigenvalue weighted by Gasteiger charge is -2.34. The average Bonchev–Trinajstić information content (AvgIpc) is 3.09. The van der Waals surface area contributed by atoms with Crippen molar-refractivity contribution in [3.05, 3.63) is 29.8 Å². The van der Waals surface area contributed by atoms with Gasteiger partial charge in [-0.05, 0) is 31.8 Å².